The summed E-state index contributed by atoms with van der Waals surface area (Å²) in [5, 5.41) is 6.77. The van der Waals surface area contributed by atoms with Gasteiger partial charge in [0.05, 0.1) is 17.0 Å². The van der Waals surface area contributed by atoms with Crippen molar-refractivity contribution < 1.29 is 13.2 Å². The number of carbonyl (C=O) groups excluding carboxylic acids is 1. The van der Waals surface area contributed by atoms with Crippen molar-refractivity contribution in [2.45, 2.75) is 19.3 Å². The second kappa shape index (κ2) is 7.04. The lowest BCUT2D eigenvalue weighted by atomic mass is 9.94. The third-order valence-electron chi connectivity index (χ3n) is 3.98. The molecule has 2 N–H and O–H groups in total. The summed E-state index contributed by atoms with van der Waals surface area (Å²) < 4.78 is 28.4. The van der Waals surface area contributed by atoms with E-state index in [0.29, 0.717) is 5.69 Å². The quantitative estimate of drug-likeness (QED) is 0.775. The Morgan fingerprint density at radius 3 is 3.00 bits per heavy atom. The van der Waals surface area contributed by atoms with Gasteiger partial charge in [-0.25, -0.2) is 12.9 Å². The van der Waals surface area contributed by atoms with Crippen molar-refractivity contribution in [1.82, 2.24) is 14.9 Å². The maximum absolute atomic E-state index is 12.1. The third kappa shape index (κ3) is 4.14. The summed E-state index contributed by atoms with van der Waals surface area (Å²) >= 11 is 0. The number of pyridine rings is 1. The van der Waals surface area contributed by atoms with Crippen molar-refractivity contribution in [2.75, 3.05) is 17.0 Å². The molecule has 2 heterocycles. The smallest absolute Gasteiger partial charge is 0.234 e. The summed E-state index contributed by atoms with van der Waals surface area (Å²) in [5.41, 5.74) is 1.28. The molecule has 128 valence electrons. The normalized spacial score (nSPS) is 17.8. The second-order valence-electron chi connectivity index (χ2n) is 5.81. The summed E-state index contributed by atoms with van der Waals surface area (Å²) in [7, 11) is -3.52. The van der Waals surface area contributed by atoms with Crippen LogP contribution in [0, 0.1) is 5.92 Å². The Morgan fingerprint density at radius 1 is 1.33 bits per heavy atom. The maximum Gasteiger partial charge on any atom is 0.234 e. The molecule has 2 aromatic rings. The zero-order valence-electron chi connectivity index (χ0n) is 13.2. The topological polar surface area (TPSA) is 92.6 Å². The molecule has 3 rings (SSSR count). The van der Waals surface area contributed by atoms with Crippen LogP contribution in [0.25, 0.3) is 5.52 Å². The summed E-state index contributed by atoms with van der Waals surface area (Å²) in [6, 6.07) is 5.14. The lowest BCUT2D eigenvalue weighted by Gasteiger charge is -2.17. The predicted molar refractivity (Wildman–Crippen MR) is 92.1 cm³/mol. The molecule has 0 bridgehead atoms. The molecule has 1 atom stereocenters. The third-order valence-corrected chi connectivity index (χ3v) is 5.27. The largest absolute Gasteiger partial charge is 0.355 e. The lowest BCUT2D eigenvalue weighted by Crippen LogP contribution is -2.35. The van der Waals surface area contributed by atoms with Gasteiger partial charge in [0.15, 0.2) is 0 Å². The van der Waals surface area contributed by atoms with E-state index >= 15 is 0 Å². The zero-order chi connectivity index (χ0) is 17.0. The number of anilines is 1. The van der Waals surface area contributed by atoms with Crippen molar-refractivity contribution >= 4 is 27.1 Å². The number of allylic oxidation sites excluding steroid dienone is 2. The van der Waals surface area contributed by atoms with E-state index in [0.717, 1.165) is 24.8 Å². The first-order valence-electron chi connectivity index (χ1n) is 7.90. The van der Waals surface area contributed by atoms with Crippen LogP contribution in [0.2, 0.25) is 0 Å². The Kier molecular flexibility index (Phi) is 4.84. The van der Waals surface area contributed by atoms with Gasteiger partial charge in [0.25, 0.3) is 0 Å². The van der Waals surface area contributed by atoms with Gasteiger partial charge < -0.3 is 5.32 Å². The maximum atomic E-state index is 12.1. The minimum absolute atomic E-state index is 0.0464. The average molecular weight is 348 g/mol. The van der Waals surface area contributed by atoms with Crippen molar-refractivity contribution in [3.8, 4) is 0 Å². The van der Waals surface area contributed by atoms with E-state index in [-0.39, 0.29) is 24.1 Å². The second-order valence-corrected chi connectivity index (χ2v) is 7.65. The number of nitrogens with one attached hydrogen (secondary N) is 2. The molecule has 0 radical (unpaired) electrons. The highest BCUT2D eigenvalue weighted by Gasteiger charge is 2.19. The van der Waals surface area contributed by atoms with Crippen LogP contribution in [0.3, 0.4) is 0 Å². The van der Waals surface area contributed by atoms with Gasteiger partial charge in [-0.2, -0.15) is 5.10 Å². The van der Waals surface area contributed by atoms with Gasteiger partial charge in [0, 0.05) is 24.9 Å². The number of aromatic nitrogens is 2. The molecule has 0 fully saturated rings. The Morgan fingerprint density at radius 2 is 2.21 bits per heavy atom. The first kappa shape index (κ1) is 16.5. The van der Waals surface area contributed by atoms with Gasteiger partial charge in [0.2, 0.25) is 15.9 Å². The molecule has 0 aliphatic heterocycles. The van der Waals surface area contributed by atoms with E-state index in [2.05, 4.69) is 21.2 Å². The Balaban J connectivity index is 1.52. The van der Waals surface area contributed by atoms with Crippen LogP contribution in [0.4, 0.5) is 5.69 Å². The lowest BCUT2D eigenvalue weighted by molar-refractivity contribution is -0.125. The molecular weight excluding hydrogens is 328 g/mol. The van der Waals surface area contributed by atoms with Crippen molar-refractivity contribution in [1.29, 1.82) is 0 Å². The molecule has 1 unspecified atom stereocenters. The van der Waals surface area contributed by atoms with Crippen LogP contribution in [0.15, 0.2) is 42.7 Å². The van der Waals surface area contributed by atoms with Gasteiger partial charge in [-0.05, 0) is 37.5 Å². The van der Waals surface area contributed by atoms with Crippen LogP contribution in [-0.2, 0) is 14.8 Å². The Bertz CT molecular complexity index is 857. The SMILES string of the molecule is O=C(NCCS(=O)(=O)Nc1ccn2nccc2c1)C1CC=CCC1. The number of nitrogens with zero attached hydrogens (tertiary/aromatic N) is 2. The van der Waals surface area contributed by atoms with E-state index in [4.69, 9.17) is 0 Å². The van der Waals surface area contributed by atoms with E-state index in [1.54, 1.807) is 35.1 Å². The molecule has 1 aliphatic rings. The number of fused-ring (bicyclic) bond motifs is 1. The first-order chi connectivity index (χ1) is 11.5. The molecule has 2 aromatic heterocycles. The molecule has 1 aliphatic carbocycles. The summed E-state index contributed by atoms with van der Waals surface area (Å²) in [6.07, 6.45) is 9.83. The van der Waals surface area contributed by atoms with Crippen molar-refractivity contribution in [2.24, 2.45) is 5.92 Å². The number of hydrogen-bond acceptors (Lipinski definition) is 4. The van der Waals surface area contributed by atoms with Gasteiger partial charge >= 0.3 is 0 Å². The van der Waals surface area contributed by atoms with E-state index in [9.17, 15) is 13.2 Å². The Labute approximate surface area is 140 Å². The van der Waals surface area contributed by atoms with E-state index < -0.39 is 10.0 Å². The van der Waals surface area contributed by atoms with Gasteiger partial charge in [0.1, 0.15) is 0 Å². The number of sulfonamides is 1. The molecule has 24 heavy (non-hydrogen) atoms. The van der Waals surface area contributed by atoms with Gasteiger partial charge in [-0.1, -0.05) is 12.2 Å². The number of hydrogen-bond donors (Lipinski definition) is 2. The number of amides is 1. The highest BCUT2D eigenvalue weighted by molar-refractivity contribution is 7.92. The molecule has 0 spiro atoms. The van der Waals surface area contributed by atoms with E-state index in [1.165, 1.54) is 0 Å². The Hall–Kier alpha value is -2.35. The van der Waals surface area contributed by atoms with Crippen LogP contribution in [0.1, 0.15) is 19.3 Å². The summed E-state index contributed by atoms with van der Waals surface area (Å²) in [4.78, 5) is 12.0. The number of carbonyl (C=O) groups is 1. The fraction of sp³-hybridized carbons (Fsp3) is 0.375. The monoisotopic (exact) mass is 348 g/mol. The minimum atomic E-state index is -3.52. The highest BCUT2D eigenvalue weighted by atomic mass is 32.2. The molecule has 1 amide bonds. The highest BCUT2D eigenvalue weighted by Crippen LogP contribution is 2.18. The average Bonchev–Trinajstić information content (AvgIpc) is 3.02. The van der Waals surface area contributed by atoms with Crippen LogP contribution < -0.4 is 10.0 Å². The fourth-order valence-electron chi connectivity index (χ4n) is 2.70. The summed E-state index contributed by atoms with van der Waals surface area (Å²) in [6.45, 7) is 0.101. The van der Waals surface area contributed by atoms with Gasteiger partial charge in [-0.3, -0.25) is 9.52 Å². The van der Waals surface area contributed by atoms with Crippen LogP contribution >= 0.6 is 0 Å². The van der Waals surface area contributed by atoms with Crippen LogP contribution in [0.5, 0.6) is 0 Å². The molecule has 0 saturated carbocycles. The summed E-state index contributed by atoms with van der Waals surface area (Å²) in [5.74, 6) is -0.281. The van der Waals surface area contributed by atoms with Gasteiger partial charge in [-0.15, -0.1) is 0 Å². The van der Waals surface area contributed by atoms with Crippen molar-refractivity contribution in [3.63, 3.8) is 0 Å². The fourth-order valence-corrected chi connectivity index (χ4v) is 3.66. The molecule has 0 aromatic carbocycles. The van der Waals surface area contributed by atoms with E-state index in [1.807, 2.05) is 6.08 Å². The molecular formula is C16H20N4O3S. The molecule has 0 saturated heterocycles. The minimum Gasteiger partial charge on any atom is -0.355 e. The van der Waals surface area contributed by atoms with Crippen LogP contribution in [-0.4, -0.2) is 36.2 Å². The first-order valence-corrected chi connectivity index (χ1v) is 9.55. The zero-order valence-corrected chi connectivity index (χ0v) is 14.0. The number of rotatable bonds is 6. The standard InChI is InChI=1S/C16H20N4O3S/c21-16(13-4-2-1-3-5-13)17-9-11-24(22,23)19-14-7-10-20-15(12-14)6-8-18-20/h1-2,6-8,10,12-13,19H,3-5,9,11H2,(H,17,21). The predicted octanol–water partition coefficient (Wildman–Crippen LogP) is 1.55. The molecule has 8 heteroatoms. The molecule has 7 nitrogen and oxygen atoms in total. The van der Waals surface area contributed by atoms with Crippen molar-refractivity contribution in [3.05, 3.63) is 42.7 Å².